The van der Waals surface area contributed by atoms with Gasteiger partial charge in [-0.3, -0.25) is 0 Å². The Balaban J connectivity index is 3.00. The molecule has 0 unspecified atom stereocenters. The molecule has 0 aromatic carbocycles. The van der Waals surface area contributed by atoms with E-state index in [1.165, 1.54) is 0 Å². The van der Waals surface area contributed by atoms with Gasteiger partial charge < -0.3 is 15.8 Å². The number of nitrogens with one attached hydrogen (secondary N) is 1. The fourth-order valence-corrected chi connectivity index (χ4v) is 2.67. The summed E-state index contributed by atoms with van der Waals surface area (Å²) in [5.41, 5.74) is 5.48. The van der Waals surface area contributed by atoms with E-state index in [0.29, 0.717) is 6.42 Å². The molecule has 0 spiro atoms. The van der Waals surface area contributed by atoms with Crippen LogP contribution in [0.25, 0.3) is 0 Å². The summed E-state index contributed by atoms with van der Waals surface area (Å²) in [5, 5.41) is 10.8. The molecule has 1 heterocycles. The Hall–Kier alpha value is -1.74. The standard InChI is InChI=1S/C10H16N4O4S/c1-2-3-4-5-13-19(17,18)9-6-8(11)7-12-10(9)14(15)16/h6-7,13H,2-5,11H2,1H3. The first kappa shape index (κ1) is 15.3. The fourth-order valence-electron chi connectivity index (χ4n) is 1.45. The van der Waals surface area contributed by atoms with Crippen LogP contribution < -0.4 is 10.5 Å². The van der Waals surface area contributed by atoms with Crippen LogP contribution in [0.3, 0.4) is 0 Å². The normalized spacial score (nSPS) is 11.4. The molecular formula is C10H16N4O4S. The highest BCUT2D eigenvalue weighted by Crippen LogP contribution is 2.22. The Kier molecular flexibility index (Phi) is 5.19. The third kappa shape index (κ3) is 4.14. The topological polar surface area (TPSA) is 128 Å². The maximum absolute atomic E-state index is 12.0. The van der Waals surface area contributed by atoms with Gasteiger partial charge in [0.2, 0.25) is 10.0 Å². The Bertz CT molecular complexity index is 559. The van der Waals surface area contributed by atoms with E-state index in [1.807, 2.05) is 6.92 Å². The van der Waals surface area contributed by atoms with Crippen LogP contribution >= 0.6 is 0 Å². The van der Waals surface area contributed by atoms with Gasteiger partial charge in [0.05, 0.1) is 5.69 Å². The van der Waals surface area contributed by atoms with Gasteiger partial charge in [-0.2, -0.15) is 0 Å². The first-order valence-corrected chi connectivity index (χ1v) is 7.26. The molecule has 3 N–H and O–H groups in total. The Morgan fingerprint density at radius 1 is 1.47 bits per heavy atom. The van der Waals surface area contributed by atoms with E-state index in [-0.39, 0.29) is 12.2 Å². The smallest absolute Gasteiger partial charge is 0.383 e. The number of pyridine rings is 1. The summed E-state index contributed by atoms with van der Waals surface area (Å²) in [7, 11) is -3.97. The van der Waals surface area contributed by atoms with E-state index < -0.39 is 25.7 Å². The summed E-state index contributed by atoms with van der Waals surface area (Å²) in [5.74, 6) is -0.725. The summed E-state index contributed by atoms with van der Waals surface area (Å²) in [4.78, 5) is 12.9. The minimum atomic E-state index is -3.97. The van der Waals surface area contributed by atoms with Crippen molar-refractivity contribution in [2.75, 3.05) is 12.3 Å². The summed E-state index contributed by atoms with van der Waals surface area (Å²) >= 11 is 0. The lowest BCUT2D eigenvalue weighted by Crippen LogP contribution is -2.26. The molecule has 0 saturated carbocycles. The quantitative estimate of drug-likeness (QED) is 0.438. The number of hydrogen-bond acceptors (Lipinski definition) is 6. The number of unbranched alkanes of at least 4 members (excludes halogenated alkanes) is 2. The summed E-state index contributed by atoms with van der Waals surface area (Å²) in [6, 6.07) is 1.04. The molecule has 19 heavy (non-hydrogen) atoms. The lowest BCUT2D eigenvalue weighted by Gasteiger charge is -2.07. The number of aromatic nitrogens is 1. The molecule has 0 amide bonds. The average molecular weight is 288 g/mol. The largest absolute Gasteiger partial charge is 0.396 e. The zero-order valence-electron chi connectivity index (χ0n) is 10.5. The van der Waals surface area contributed by atoms with Crippen molar-refractivity contribution < 1.29 is 13.3 Å². The number of rotatable bonds is 7. The molecule has 0 aliphatic carbocycles. The van der Waals surface area contributed by atoms with Crippen LogP contribution in [0.5, 0.6) is 0 Å². The average Bonchev–Trinajstić information content (AvgIpc) is 2.34. The molecule has 0 aliphatic rings. The zero-order chi connectivity index (χ0) is 14.5. The van der Waals surface area contributed by atoms with Crippen LogP contribution in [0.15, 0.2) is 17.2 Å². The summed E-state index contributed by atoms with van der Waals surface area (Å²) < 4.78 is 26.2. The lowest BCUT2D eigenvalue weighted by molar-refractivity contribution is -0.392. The van der Waals surface area contributed by atoms with E-state index in [0.717, 1.165) is 25.1 Å². The number of hydrogen-bond donors (Lipinski definition) is 2. The first-order chi connectivity index (χ1) is 8.88. The van der Waals surface area contributed by atoms with Gasteiger partial charge >= 0.3 is 5.82 Å². The number of nitro groups is 1. The van der Waals surface area contributed by atoms with Crippen molar-refractivity contribution in [3.8, 4) is 0 Å². The molecule has 0 aliphatic heterocycles. The van der Waals surface area contributed by atoms with Crippen LogP contribution in [-0.2, 0) is 10.0 Å². The molecule has 0 atom stereocenters. The second kappa shape index (κ2) is 6.43. The van der Waals surface area contributed by atoms with Crippen LogP contribution in [0, 0.1) is 10.1 Å². The lowest BCUT2D eigenvalue weighted by atomic mass is 10.3. The zero-order valence-corrected chi connectivity index (χ0v) is 11.3. The van der Waals surface area contributed by atoms with Crippen LogP contribution in [0.2, 0.25) is 0 Å². The number of sulfonamides is 1. The monoisotopic (exact) mass is 288 g/mol. The third-order valence-electron chi connectivity index (χ3n) is 2.39. The van der Waals surface area contributed by atoms with Gasteiger partial charge in [0, 0.05) is 6.54 Å². The van der Waals surface area contributed by atoms with Crippen molar-refractivity contribution in [3.05, 3.63) is 22.4 Å². The van der Waals surface area contributed by atoms with Crippen molar-refractivity contribution >= 4 is 21.5 Å². The Morgan fingerprint density at radius 3 is 2.74 bits per heavy atom. The molecule has 1 aromatic rings. The molecule has 8 nitrogen and oxygen atoms in total. The SMILES string of the molecule is CCCCCNS(=O)(=O)c1cc(N)cnc1[N+](=O)[O-]. The van der Waals surface area contributed by atoms with E-state index in [9.17, 15) is 18.5 Å². The Labute approximate surface area is 111 Å². The van der Waals surface area contributed by atoms with Crippen molar-refractivity contribution in [1.82, 2.24) is 9.71 Å². The fraction of sp³-hybridized carbons (Fsp3) is 0.500. The van der Waals surface area contributed by atoms with Crippen LogP contribution in [0.4, 0.5) is 11.5 Å². The highest BCUT2D eigenvalue weighted by molar-refractivity contribution is 7.89. The molecule has 1 aromatic heterocycles. The van der Waals surface area contributed by atoms with Crippen LogP contribution in [-0.4, -0.2) is 24.9 Å². The number of nitrogen functional groups attached to an aromatic ring is 1. The highest BCUT2D eigenvalue weighted by Gasteiger charge is 2.27. The molecule has 106 valence electrons. The van der Waals surface area contributed by atoms with Crippen molar-refractivity contribution in [1.29, 1.82) is 0 Å². The van der Waals surface area contributed by atoms with Crippen molar-refractivity contribution in [3.63, 3.8) is 0 Å². The van der Waals surface area contributed by atoms with Gasteiger partial charge in [-0.1, -0.05) is 19.8 Å². The van der Waals surface area contributed by atoms with Gasteiger partial charge in [-0.15, -0.1) is 0 Å². The van der Waals surface area contributed by atoms with Crippen molar-refractivity contribution in [2.24, 2.45) is 0 Å². The minimum Gasteiger partial charge on any atom is -0.396 e. The molecule has 1 rings (SSSR count). The predicted molar refractivity (Wildman–Crippen MR) is 70.0 cm³/mol. The minimum absolute atomic E-state index is 0.0551. The highest BCUT2D eigenvalue weighted by atomic mass is 32.2. The third-order valence-corrected chi connectivity index (χ3v) is 3.85. The molecule has 0 radical (unpaired) electrons. The second-order valence-electron chi connectivity index (χ2n) is 3.95. The van der Waals surface area contributed by atoms with E-state index in [1.54, 1.807) is 0 Å². The Morgan fingerprint density at radius 2 is 2.16 bits per heavy atom. The molecule has 0 saturated heterocycles. The summed E-state index contributed by atoms with van der Waals surface area (Å²) in [6.45, 7) is 2.21. The molecule has 9 heteroatoms. The molecule has 0 fully saturated rings. The summed E-state index contributed by atoms with van der Waals surface area (Å²) in [6.07, 6.45) is 3.54. The van der Waals surface area contributed by atoms with E-state index in [2.05, 4.69) is 9.71 Å². The first-order valence-electron chi connectivity index (χ1n) is 5.78. The van der Waals surface area contributed by atoms with Gasteiger partial charge in [-0.05, 0) is 22.4 Å². The van der Waals surface area contributed by atoms with Gasteiger partial charge in [0.15, 0.2) is 11.1 Å². The maximum atomic E-state index is 12.0. The van der Waals surface area contributed by atoms with Crippen LogP contribution in [0.1, 0.15) is 26.2 Å². The second-order valence-corrected chi connectivity index (χ2v) is 5.69. The van der Waals surface area contributed by atoms with Gasteiger partial charge in [0.25, 0.3) is 0 Å². The van der Waals surface area contributed by atoms with E-state index >= 15 is 0 Å². The number of nitrogens with zero attached hydrogens (tertiary/aromatic N) is 2. The number of anilines is 1. The molecular weight excluding hydrogens is 272 g/mol. The maximum Gasteiger partial charge on any atom is 0.383 e. The van der Waals surface area contributed by atoms with E-state index in [4.69, 9.17) is 5.73 Å². The van der Waals surface area contributed by atoms with Gasteiger partial charge in [-0.25, -0.2) is 13.1 Å². The van der Waals surface area contributed by atoms with Gasteiger partial charge in [0.1, 0.15) is 0 Å². The molecule has 0 bridgehead atoms. The van der Waals surface area contributed by atoms with Crippen molar-refractivity contribution in [2.45, 2.75) is 31.1 Å². The number of nitrogens with two attached hydrogens (primary N) is 1. The predicted octanol–water partition coefficient (Wildman–Crippen LogP) is 1.04.